The molecule has 0 saturated carbocycles. The van der Waals surface area contributed by atoms with Gasteiger partial charge in [0.25, 0.3) is 11.7 Å². The lowest BCUT2D eigenvalue weighted by molar-refractivity contribution is -0.132. The van der Waals surface area contributed by atoms with Crippen molar-refractivity contribution in [2.45, 2.75) is 26.0 Å². The lowest BCUT2D eigenvalue weighted by Crippen LogP contribution is -2.29. The number of nitrogens with zero attached hydrogens (tertiary/aromatic N) is 1. The fraction of sp³-hybridized carbons (Fsp3) is 0.185. The van der Waals surface area contributed by atoms with E-state index in [2.05, 4.69) is 0 Å². The van der Waals surface area contributed by atoms with Crippen molar-refractivity contribution >= 4 is 23.1 Å². The largest absolute Gasteiger partial charge is 0.507 e. The van der Waals surface area contributed by atoms with Crippen molar-refractivity contribution < 1.29 is 24.2 Å². The van der Waals surface area contributed by atoms with Gasteiger partial charge in [0.05, 0.1) is 24.8 Å². The van der Waals surface area contributed by atoms with Gasteiger partial charge in [0.1, 0.15) is 17.3 Å². The van der Waals surface area contributed by atoms with E-state index in [1.165, 1.54) is 4.90 Å². The van der Waals surface area contributed by atoms with Gasteiger partial charge < -0.3 is 14.6 Å². The zero-order valence-electron chi connectivity index (χ0n) is 18.7. The van der Waals surface area contributed by atoms with Gasteiger partial charge in [0.2, 0.25) is 0 Å². The lowest BCUT2D eigenvalue weighted by atomic mass is 9.95. The number of carbonyl (C=O) groups is 2. The average molecular weight is 443 g/mol. The van der Waals surface area contributed by atoms with Crippen molar-refractivity contribution in [3.63, 3.8) is 0 Å². The minimum Gasteiger partial charge on any atom is -0.507 e. The molecule has 33 heavy (non-hydrogen) atoms. The van der Waals surface area contributed by atoms with E-state index in [4.69, 9.17) is 9.47 Å². The predicted octanol–water partition coefficient (Wildman–Crippen LogP) is 5.11. The minimum absolute atomic E-state index is 0.0238. The van der Waals surface area contributed by atoms with Gasteiger partial charge in [-0.2, -0.15) is 0 Å². The predicted molar refractivity (Wildman–Crippen MR) is 126 cm³/mol. The first kappa shape index (κ1) is 22.1. The van der Waals surface area contributed by atoms with Crippen LogP contribution >= 0.6 is 0 Å². The summed E-state index contributed by atoms with van der Waals surface area (Å²) in [6.45, 7) is 3.85. The fourth-order valence-corrected chi connectivity index (χ4v) is 3.94. The van der Waals surface area contributed by atoms with Gasteiger partial charge in [-0.3, -0.25) is 14.5 Å². The van der Waals surface area contributed by atoms with Crippen LogP contribution in [0.4, 0.5) is 5.69 Å². The molecular formula is C27H25NO5. The second-order valence-corrected chi connectivity index (χ2v) is 7.97. The molecule has 1 saturated heterocycles. The number of hydrogen-bond donors (Lipinski definition) is 1. The zero-order chi connectivity index (χ0) is 23.5. The molecule has 0 aromatic heterocycles. The molecule has 0 aliphatic carbocycles. The van der Waals surface area contributed by atoms with Crippen LogP contribution in [0.2, 0.25) is 0 Å². The maximum Gasteiger partial charge on any atom is 0.300 e. The number of ketones is 1. The molecule has 1 fully saturated rings. The number of amides is 1. The fourth-order valence-electron chi connectivity index (χ4n) is 3.94. The monoisotopic (exact) mass is 443 g/mol. The Bertz CT molecular complexity index is 1200. The van der Waals surface area contributed by atoms with E-state index in [1.54, 1.807) is 61.7 Å². The Labute approximate surface area is 192 Å². The number of methoxy groups -OCH3 is 1. The number of hydrogen-bond acceptors (Lipinski definition) is 5. The highest BCUT2D eigenvalue weighted by Gasteiger charge is 2.47. The summed E-state index contributed by atoms with van der Waals surface area (Å²) in [5.41, 5.74) is 1.66. The van der Waals surface area contributed by atoms with Gasteiger partial charge in [-0.1, -0.05) is 30.3 Å². The molecule has 1 unspecified atom stereocenters. The van der Waals surface area contributed by atoms with E-state index in [0.29, 0.717) is 28.3 Å². The maximum atomic E-state index is 13.2. The molecule has 6 heteroatoms. The van der Waals surface area contributed by atoms with Gasteiger partial charge in [0, 0.05) is 11.3 Å². The first-order valence-electron chi connectivity index (χ1n) is 10.7. The standard InChI is InChI=1S/C27H25NO5/c1-17(2)33-22-11-7-8-19(16-22)24-23(25(29)18-12-14-21(32-3)15-13-18)26(30)27(31)28(24)20-9-5-4-6-10-20/h4-17,24,29H,1-3H3/b25-23-. The highest BCUT2D eigenvalue weighted by Crippen LogP contribution is 2.42. The summed E-state index contributed by atoms with van der Waals surface area (Å²) in [5, 5.41) is 11.2. The Morgan fingerprint density at radius 3 is 2.24 bits per heavy atom. The molecule has 1 aliphatic rings. The van der Waals surface area contributed by atoms with Crippen LogP contribution in [0.25, 0.3) is 5.76 Å². The van der Waals surface area contributed by atoms with Crippen molar-refractivity contribution in [3.8, 4) is 11.5 Å². The van der Waals surface area contributed by atoms with Crippen molar-refractivity contribution in [2.24, 2.45) is 0 Å². The van der Waals surface area contributed by atoms with Crippen LogP contribution in [0.15, 0.2) is 84.4 Å². The van der Waals surface area contributed by atoms with E-state index >= 15 is 0 Å². The summed E-state index contributed by atoms with van der Waals surface area (Å²) in [7, 11) is 1.55. The number of Topliss-reactive ketones (excluding diaryl/α,β-unsaturated/α-hetero) is 1. The molecule has 3 aromatic carbocycles. The van der Waals surface area contributed by atoms with E-state index in [-0.39, 0.29) is 17.4 Å². The normalized spacial score (nSPS) is 17.5. The molecule has 0 bridgehead atoms. The number of benzene rings is 3. The van der Waals surface area contributed by atoms with Crippen molar-refractivity contribution in [2.75, 3.05) is 12.0 Å². The number of anilines is 1. The van der Waals surface area contributed by atoms with E-state index in [0.717, 1.165) is 0 Å². The molecule has 1 heterocycles. The Balaban J connectivity index is 1.90. The van der Waals surface area contributed by atoms with Gasteiger partial charge >= 0.3 is 0 Å². The van der Waals surface area contributed by atoms with Crippen molar-refractivity contribution in [3.05, 3.63) is 95.6 Å². The Morgan fingerprint density at radius 2 is 1.61 bits per heavy atom. The molecule has 1 amide bonds. The lowest BCUT2D eigenvalue weighted by Gasteiger charge is -2.26. The molecule has 1 N–H and O–H groups in total. The van der Waals surface area contributed by atoms with E-state index < -0.39 is 17.7 Å². The Kier molecular flexibility index (Phi) is 6.18. The molecule has 168 valence electrons. The third kappa shape index (κ3) is 4.32. The summed E-state index contributed by atoms with van der Waals surface area (Å²) in [6, 6.07) is 22.1. The van der Waals surface area contributed by atoms with Gasteiger partial charge in [-0.15, -0.1) is 0 Å². The van der Waals surface area contributed by atoms with Gasteiger partial charge in [-0.05, 0) is 67.9 Å². The second-order valence-electron chi connectivity index (χ2n) is 7.97. The van der Waals surface area contributed by atoms with Crippen LogP contribution in [-0.4, -0.2) is 30.0 Å². The molecule has 1 atom stereocenters. The third-order valence-electron chi connectivity index (χ3n) is 5.39. The molecule has 3 aromatic rings. The quantitative estimate of drug-likeness (QED) is 0.326. The van der Waals surface area contributed by atoms with Crippen molar-refractivity contribution in [1.82, 2.24) is 0 Å². The summed E-state index contributed by atoms with van der Waals surface area (Å²) in [5.74, 6) is -0.449. The molecule has 1 aliphatic heterocycles. The molecule has 4 rings (SSSR count). The van der Waals surface area contributed by atoms with Crippen LogP contribution in [0.1, 0.15) is 31.0 Å². The minimum atomic E-state index is -0.815. The number of rotatable bonds is 6. The van der Waals surface area contributed by atoms with Crippen LogP contribution in [0, 0.1) is 0 Å². The number of aliphatic hydroxyl groups excluding tert-OH is 1. The van der Waals surface area contributed by atoms with Gasteiger partial charge in [-0.25, -0.2) is 0 Å². The third-order valence-corrected chi connectivity index (χ3v) is 5.39. The molecular weight excluding hydrogens is 418 g/mol. The molecule has 6 nitrogen and oxygen atoms in total. The van der Waals surface area contributed by atoms with Crippen molar-refractivity contribution in [1.29, 1.82) is 0 Å². The van der Waals surface area contributed by atoms with Crippen LogP contribution in [0.3, 0.4) is 0 Å². The van der Waals surface area contributed by atoms with Gasteiger partial charge in [0.15, 0.2) is 0 Å². The number of carbonyl (C=O) groups excluding carboxylic acids is 2. The average Bonchev–Trinajstić information content (AvgIpc) is 3.09. The first-order chi connectivity index (χ1) is 15.9. The van der Waals surface area contributed by atoms with Crippen LogP contribution < -0.4 is 14.4 Å². The molecule has 0 spiro atoms. The number of ether oxygens (including phenoxy) is 2. The smallest absolute Gasteiger partial charge is 0.300 e. The number of aliphatic hydroxyl groups is 1. The van der Waals surface area contributed by atoms with E-state index in [1.807, 2.05) is 38.1 Å². The topological polar surface area (TPSA) is 76.1 Å². The highest BCUT2D eigenvalue weighted by molar-refractivity contribution is 6.51. The second kappa shape index (κ2) is 9.20. The number of para-hydroxylation sites is 1. The Hall–Kier alpha value is -4.06. The highest BCUT2D eigenvalue weighted by atomic mass is 16.5. The summed E-state index contributed by atoms with van der Waals surface area (Å²) < 4.78 is 11.0. The SMILES string of the molecule is COc1ccc(/C(O)=C2/C(=O)C(=O)N(c3ccccc3)C2c2cccc(OC(C)C)c2)cc1. The van der Waals surface area contributed by atoms with Crippen LogP contribution in [-0.2, 0) is 9.59 Å². The zero-order valence-corrected chi connectivity index (χ0v) is 18.7. The summed E-state index contributed by atoms with van der Waals surface area (Å²) in [4.78, 5) is 27.8. The first-order valence-corrected chi connectivity index (χ1v) is 10.7. The Morgan fingerprint density at radius 1 is 0.909 bits per heavy atom. The summed E-state index contributed by atoms with van der Waals surface area (Å²) in [6.07, 6.45) is -0.0416. The summed E-state index contributed by atoms with van der Waals surface area (Å²) >= 11 is 0. The maximum absolute atomic E-state index is 13.2. The molecule has 0 radical (unpaired) electrons. The van der Waals surface area contributed by atoms with E-state index in [9.17, 15) is 14.7 Å². The van der Waals surface area contributed by atoms with Crippen LogP contribution in [0.5, 0.6) is 11.5 Å².